The summed E-state index contributed by atoms with van der Waals surface area (Å²) in [7, 11) is 3.98. The fourth-order valence-electron chi connectivity index (χ4n) is 2.88. The van der Waals surface area contributed by atoms with Gasteiger partial charge in [0.15, 0.2) is 0 Å². The Labute approximate surface area is 121 Å². The first-order valence-corrected chi connectivity index (χ1v) is 7.42. The molecule has 6 nitrogen and oxygen atoms in total. The van der Waals surface area contributed by atoms with Crippen LogP contribution in [0.4, 0.5) is 0 Å². The van der Waals surface area contributed by atoms with Gasteiger partial charge < -0.3 is 20.0 Å². The molecule has 2 aliphatic rings. The quantitative estimate of drug-likeness (QED) is 0.735. The van der Waals surface area contributed by atoms with Gasteiger partial charge in [0.2, 0.25) is 11.8 Å². The van der Waals surface area contributed by atoms with Crippen molar-refractivity contribution in [2.75, 3.05) is 53.4 Å². The number of likely N-dealkylation sites (N-methyl/N-ethyl adjacent to an activating group) is 1. The molecule has 20 heavy (non-hydrogen) atoms. The van der Waals surface area contributed by atoms with Gasteiger partial charge in [0.25, 0.3) is 0 Å². The Hall–Kier alpha value is -1.14. The van der Waals surface area contributed by atoms with E-state index in [-0.39, 0.29) is 23.8 Å². The van der Waals surface area contributed by atoms with Crippen molar-refractivity contribution in [1.29, 1.82) is 0 Å². The molecule has 0 bridgehead atoms. The van der Waals surface area contributed by atoms with Crippen molar-refractivity contribution >= 4 is 11.8 Å². The van der Waals surface area contributed by atoms with Crippen molar-refractivity contribution in [3.8, 4) is 0 Å². The molecule has 6 heteroatoms. The molecule has 0 aromatic heterocycles. The van der Waals surface area contributed by atoms with E-state index in [1.807, 2.05) is 23.9 Å². The minimum atomic E-state index is -0.148. The van der Waals surface area contributed by atoms with Gasteiger partial charge in [0.1, 0.15) is 0 Å². The predicted octanol–water partition coefficient (Wildman–Crippen LogP) is -0.783. The molecule has 0 aliphatic carbocycles. The van der Waals surface area contributed by atoms with E-state index in [4.69, 9.17) is 0 Å². The number of hydrogen-bond acceptors (Lipinski definition) is 4. The van der Waals surface area contributed by atoms with Crippen molar-refractivity contribution in [2.45, 2.75) is 19.4 Å². The number of rotatable bonds is 4. The zero-order valence-electron chi connectivity index (χ0n) is 12.8. The highest BCUT2D eigenvalue weighted by Crippen LogP contribution is 2.21. The lowest BCUT2D eigenvalue weighted by molar-refractivity contribution is -0.138. The van der Waals surface area contributed by atoms with Crippen LogP contribution in [0.3, 0.4) is 0 Å². The largest absolute Gasteiger partial charge is 0.341 e. The lowest BCUT2D eigenvalue weighted by atomic mass is 10.1. The van der Waals surface area contributed by atoms with Gasteiger partial charge in [-0.2, -0.15) is 0 Å². The zero-order chi connectivity index (χ0) is 14.7. The van der Waals surface area contributed by atoms with Crippen LogP contribution in [0.5, 0.6) is 0 Å². The number of hydrogen-bond donors (Lipinski definition) is 1. The fourth-order valence-corrected chi connectivity index (χ4v) is 2.88. The summed E-state index contributed by atoms with van der Waals surface area (Å²) in [6.07, 6.45) is 0.378. The van der Waals surface area contributed by atoms with Crippen molar-refractivity contribution in [2.24, 2.45) is 5.92 Å². The highest BCUT2D eigenvalue weighted by Gasteiger charge is 2.37. The molecule has 2 rings (SSSR count). The zero-order valence-corrected chi connectivity index (χ0v) is 12.8. The van der Waals surface area contributed by atoms with E-state index in [2.05, 4.69) is 17.1 Å². The number of piperazine rings is 1. The van der Waals surface area contributed by atoms with Crippen LogP contribution in [0.15, 0.2) is 0 Å². The van der Waals surface area contributed by atoms with Gasteiger partial charge in [-0.1, -0.05) is 0 Å². The molecule has 0 radical (unpaired) electrons. The number of likely N-dealkylation sites (tertiary alicyclic amines) is 1. The van der Waals surface area contributed by atoms with Crippen LogP contribution >= 0.6 is 0 Å². The SMILES string of the molecule is CC1CNCCN1C(=O)C1CC(=O)N(CCN(C)C)C1. The lowest BCUT2D eigenvalue weighted by Gasteiger charge is -2.35. The van der Waals surface area contributed by atoms with E-state index in [1.54, 1.807) is 0 Å². The minimum absolute atomic E-state index is 0.119. The lowest BCUT2D eigenvalue weighted by Crippen LogP contribution is -2.54. The Kier molecular flexibility index (Phi) is 4.99. The predicted molar refractivity (Wildman–Crippen MR) is 77.3 cm³/mol. The summed E-state index contributed by atoms with van der Waals surface area (Å²) >= 11 is 0. The first-order chi connectivity index (χ1) is 9.49. The highest BCUT2D eigenvalue weighted by molar-refractivity contribution is 5.89. The Balaban J connectivity index is 1.90. The van der Waals surface area contributed by atoms with Crippen LogP contribution in [0, 0.1) is 5.92 Å². The van der Waals surface area contributed by atoms with E-state index in [1.165, 1.54) is 0 Å². The van der Waals surface area contributed by atoms with E-state index in [0.29, 0.717) is 19.5 Å². The summed E-state index contributed by atoms with van der Waals surface area (Å²) in [4.78, 5) is 30.4. The molecule has 2 heterocycles. The third kappa shape index (κ3) is 3.49. The molecule has 0 saturated carbocycles. The maximum Gasteiger partial charge on any atom is 0.228 e. The first kappa shape index (κ1) is 15.3. The van der Waals surface area contributed by atoms with Crippen LogP contribution in [0.2, 0.25) is 0 Å². The fraction of sp³-hybridized carbons (Fsp3) is 0.857. The van der Waals surface area contributed by atoms with Crippen LogP contribution in [0.1, 0.15) is 13.3 Å². The summed E-state index contributed by atoms with van der Waals surface area (Å²) in [6, 6.07) is 0.224. The molecule has 0 aromatic rings. The Morgan fingerprint density at radius 1 is 1.45 bits per heavy atom. The first-order valence-electron chi connectivity index (χ1n) is 7.42. The third-order valence-electron chi connectivity index (χ3n) is 4.17. The van der Waals surface area contributed by atoms with Crippen molar-refractivity contribution in [3.63, 3.8) is 0 Å². The highest BCUT2D eigenvalue weighted by atomic mass is 16.2. The van der Waals surface area contributed by atoms with Gasteiger partial charge in [-0.15, -0.1) is 0 Å². The molecule has 1 N–H and O–H groups in total. The Bertz CT molecular complexity index is 372. The average Bonchev–Trinajstić information content (AvgIpc) is 2.77. The normalized spacial score (nSPS) is 27.5. The molecular formula is C14H26N4O2. The summed E-state index contributed by atoms with van der Waals surface area (Å²) in [6.45, 7) is 6.65. The molecule has 2 saturated heterocycles. The molecule has 0 aromatic carbocycles. The standard InChI is InChI=1S/C14H26N4O2/c1-11-9-15-4-5-18(11)14(20)12-8-13(19)17(10-12)7-6-16(2)3/h11-12,15H,4-10H2,1-3H3. The van der Waals surface area contributed by atoms with Crippen molar-refractivity contribution in [1.82, 2.24) is 20.0 Å². The van der Waals surface area contributed by atoms with E-state index in [0.717, 1.165) is 26.2 Å². The van der Waals surface area contributed by atoms with Crippen LogP contribution in [0.25, 0.3) is 0 Å². The maximum absolute atomic E-state index is 12.5. The number of carbonyl (C=O) groups is 2. The number of amides is 2. The smallest absolute Gasteiger partial charge is 0.228 e. The molecule has 2 fully saturated rings. The van der Waals surface area contributed by atoms with Gasteiger partial charge in [0, 0.05) is 51.7 Å². The summed E-state index contributed by atoms with van der Waals surface area (Å²) < 4.78 is 0. The number of nitrogens with one attached hydrogen (secondary N) is 1. The van der Waals surface area contributed by atoms with Gasteiger partial charge in [0.05, 0.1) is 5.92 Å². The van der Waals surface area contributed by atoms with Gasteiger partial charge >= 0.3 is 0 Å². The Morgan fingerprint density at radius 2 is 2.20 bits per heavy atom. The topological polar surface area (TPSA) is 55.9 Å². The molecular weight excluding hydrogens is 256 g/mol. The van der Waals surface area contributed by atoms with Crippen LogP contribution in [-0.2, 0) is 9.59 Å². The molecule has 114 valence electrons. The van der Waals surface area contributed by atoms with Gasteiger partial charge in [-0.05, 0) is 21.0 Å². The molecule has 2 atom stereocenters. The maximum atomic E-state index is 12.5. The monoisotopic (exact) mass is 282 g/mol. The Morgan fingerprint density at radius 3 is 2.85 bits per heavy atom. The average molecular weight is 282 g/mol. The van der Waals surface area contributed by atoms with Crippen LogP contribution in [-0.4, -0.2) is 85.9 Å². The summed E-state index contributed by atoms with van der Waals surface area (Å²) in [5.74, 6) is 0.123. The number of nitrogens with zero attached hydrogens (tertiary/aromatic N) is 3. The molecule has 2 amide bonds. The van der Waals surface area contributed by atoms with E-state index in [9.17, 15) is 9.59 Å². The van der Waals surface area contributed by atoms with Crippen molar-refractivity contribution < 1.29 is 9.59 Å². The summed E-state index contributed by atoms with van der Waals surface area (Å²) in [5, 5.41) is 3.28. The van der Waals surface area contributed by atoms with Crippen molar-refractivity contribution in [3.05, 3.63) is 0 Å². The minimum Gasteiger partial charge on any atom is -0.341 e. The van der Waals surface area contributed by atoms with E-state index < -0.39 is 0 Å². The number of carbonyl (C=O) groups excluding carboxylic acids is 2. The second kappa shape index (κ2) is 6.54. The van der Waals surface area contributed by atoms with Crippen LogP contribution < -0.4 is 5.32 Å². The third-order valence-corrected chi connectivity index (χ3v) is 4.17. The molecule has 2 unspecified atom stereocenters. The second-order valence-corrected chi connectivity index (χ2v) is 6.13. The molecule has 2 aliphatic heterocycles. The van der Waals surface area contributed by atoms with Gasteiger partial charge in [-0.3, -0.25) is 9.59 Å². The van der Waals surface area contributed by atoms with E-state index >= 15 is 0 Å². The second-order valence-electron chi connectivity index (χ2n) is 6.13. The summed E-state index contributed by atoms with van der Waals surface area (Å²) in [5.41, 5.74) is 0. The van der Waals surface area contributed by atoms with Gasteiger partial charge in [-0.25, -0.2) is 0 Å². The molecule has 0 spiro atoms.